The number of β-amino-alcohol motifs (C(OH)–C–C–N with tert-alkyl or cyclic N) is 1. The highest BCUT2D eigenvalue weighted by molar-refractivity contribution is 7.18. The fourth-order valence-electron chi connectivity index (χ4n) is 3.66. The summed E-state index contributed by atoms with van der Waals surface area (Å²) in [5.74, 6) is 1.87. The van der Waals surface area contributed by atoms with E-state index < -0.39 is 5.60 Å². The van der Waals surface area contributed by atoms with Crippen molar-refractivity contribution in [2.45, 2.75) is 39.3 Å². The lowest BCUT2D eigenvalue weighted by Crippen LogP contribution is -2.36. The Bertz CT molecular complexity index is 783. The van der Waals surface area contributed by atoms with Crippen LogP contribution >= 0.6 is 11.3 Å². The average molecular weight is 362 g/mol. The Kier molecular flexibility index (Phi) is 4.43. The van der Waals surface area contributed by atoms with E-state index in [0.29, 0.717) is 6.54 Å². The van der Waals surface area contributed by atoms with E-state index in [1.807, 2.05) is 6.92 Å². The lowest BCUT2D eigenvalue weighted by atomic mass is 10.1. The Morgan fingerprint density at radius 3 is 2.64 bits per heavy atom. The Labute approximate surface area is 152 Å². The summed E-state index contributed by atoms with van der Waals surface area (Å²) < 4.78 is 5.44. The maximum Gasteiger partial charge on any atom is 0.146 e. The van der Waals surface area contributed by atoms with E-state index in [2.05, 4.69) is 23.6 Å². The van der Waals surface area contributed by atoms with Gasteiger partial charge in [0.25, 0.3) is 0 Å². The fourth-order valence-corrected chi connectivity index (χ4v) is 4.70. The molecule has 0 spiro atoms. The van der Waals surface area contributed by atoms with Gasteiger partial charge in [0.05, 0.1) is 30.7 Å². The van der Waals surface area contributed by atoms with Crippen molar-refractivity contribution in [1.82, 2.24) is 14.9 Å². The van der Waals surface area contributed by atoms with Crippen LogP contribution in [0.4, 0.5) is 5.82 Å². The summed E-state index contributed by atoms with van der Waals surface area (Å²) in [6, 6.07) is 0. The third kappa shape index (κ3) is 3.38. The van der Waals surface area contributed by atoms with Gasteiger partial charge in [0.1, 0.15) is 16.5 Å². The molecule has 2 aliphatic heterocycles. The molecule has 0 bridgehead atoms. The number of aryl methyl sites for hydroxylation is 2. The fraction of sp³-hybridized carbons (Fsp3) is 0.667. The van der Waals surface area contributed by atoms with Crippen molar-refractivity contribution < 1.29 is 9.84 Å². The summed E-state index contributed by atoms with van der Waals surface area (Å²) in [4.78, 5) is 16.7. The molecule has 2 aromatic heterocycles. The van der Waals surface area contributed by atoms with E-state index >= 15 is 0 Å². The molecule has 0 amide bonds. The van der Waals surface area contributed by atoms with Gasteiger partial charge in [-0.2, -0.15) is 0 Å². The molecule has 2 aromatic rings. The van der Waals surface area contributed by atoms with Crippen molar-refractivity contribution in [2.24, 2.45) is 0 Å². The molecule has 4 heterocycles. The Morgan fingerprint density at radius 2 is 1.96 bits per heavy atom. The summed E-state index contributed by atoms with van der Waals surface area (Å²) >= 11 is 1.74. The third-order valence-corrected chi connectivity index (χ3v) is 6.38. The first kappa shape index (κ1) is 17.1. The second-order valence-electron chi connectivity index (χ2n) is 7.48. The van der Waals surface area contributed by atoms with E-state index in [1.54, 1.807) is 11.3 Å². The third-order valence-electron chi connectivity index (χ3n) is 5.28. The minimum Gasteiger partial charge on any atom is -0.388 e. The highest BCUT2D eigenvalue weighted by atomic mass is 32.1. The van der Waals surface area contributed by atoms with Crippen LogP contribution in [-0.2, 0) is 11.3 Å². The zero-order valence-electron chi connectivity index (χ0n) is 15.2. The molecule has 6 nitrogen and oxygen atoms in total. The van der Waals surface area contributed by atoms with Crippen LogP contribution in [0.25, 0.3) is 10.2 Å². The van der Waals surface area contributed by atoms with Gasteiger partial charge in [-0.3, -0.25) is 4.90 Å². The summed E-state index contributed by atoms with van der Waals surface area (Å²) in [5, 5.41) is 11.6. The highest BCUT2D eigenvalue weighted by Crippen LogP contribution is 2.37. The minimum absolute atomic E-state index is 0.629. The Balaban J connectivity index is 1.73. The predicted octanol–water partition coefficient (Wildman–Crippen LogP) is 2.10. The number of ether oxygens (including phenoxy) is 1. The van der Waals surface area contributed by atoms with Crippen LogP contribution in [0.15, 0.2) is 0 Å². The molecular formula is C18H26N4O2S. The number of anilines is 1. The molecule has 1 atom stereocenters. The van der Waals surface area contributed by atoms with Crippen molar-refractivity contribution in [2.75, 3.05) is 44.3 Å². The maximum atomic E-state index is 10.4. The van der Waals surface area contributed by atoms with Crippen LogP contribution in [0.5, 0.6) is 0 Å². The van der Waals surface area contributed by atoms with Crippen molar-refractivity contribution in [3.8, 4) is 0 Å². The van der Waals surface area contributed by atoms with E-state index in [9.17, 15) is 5.11 Å². The highest BCUT2D eigenvalue weighted by Gasteiger charge is 2.33. The van der Waals surface area contributed by atoms with E-state index in [-0.39, 0.29) is 0 Å². The van der Waals surface area contributed by atoms with Crippen LogP contribution in [0, 0.1) is 13.8 Å². The summed E-state index contributed by atoms with van der Waals surface area (Å²) in [7, 11) is 0. The SMILES string of the molecule is Cc1sc2nc(CN3CCOCC3)nc(N3CCC(C)(O)C3)c2c1C. The van der Waals surface area contributed by atoms with Gasteiger partial charge >= 0.3 is 0 Å². The molecule has 136 valence electrons. The molecule has 4 rings (SSSR count). The summed E-state index contributed by atoms with van der Waals surface area (Å²) in [6.07, 6.45) is 0.777. The molecule has 2 aliphatic rings. The molecule has 1 N–H and O–H groups in total. The van der Waals surface area contributed by atoms with Crippen LogP contribution in [-0.4, -0.2) is 65.0 Å². The summed E-state index contributed by atoms with van der Waals surface area (Å²) in [6.45, 7) is 11.8. The number of morpholine rings is 1. The lowest BCUT2D eigenvalue weighted by Gasteiger charge is -2.26. The summed E-state index contributed by atoms with van der Waals surface area (Å²) in [5.41, 5.74) is 0.625. The van der Waals surface area contributed by atoms with Crippen LogP contribution in [0.1, 0.15) is 29.6 Å². The van der Waals surface area contributed by atoms with Gasteiger partial charge in [0.15, 0.2) is 0 Å². The van der Waals surface area contributed by atoms with E-state index in [0.717, 1.165) is 67.7 Å². The van der Waals surface area contributed by atoms with Crippen LogP contribution in [0.2, 0.25) is 0 Å². The second-order valence-corrected chi connectivity index (χ2v) is 8.69. The number of hydrogen-bond acceptors (Lipinski definition) is 7. The number of hydrogen-bond donors (Lipinski definition) is 1. The van der Waals surface area contributed by atoms with Crippen molar-refractivity contribution in [1.29, 1.82) is 0 Å². The number of rotatable bonds is 3. The number of fused-ring (bicyclic) bond motifs is 1. The van der Waals surface area contributed by atoms with Crippen molar-refractivity contribution in [3.05, 3.63) is 16.3 Å². The molecular weight excluding hydrogens is 336 g/mol. The lowest BCUT2D eigenvalue weighted by molar-refractivity contribution is 0.0331. The van der Waals surface area contributed by atoms with Crippen molar-refractivity contribution in [3.63, 3.8) is 0 Å². The molecule has 2 fully saturated rings. The molecule has 0 aliphatic carbocycles. The average Bonchev–Trinajstić information content (AvgIpc) is 3.07. The van der Waals surface area contributed by atoms with Gasteiger partial charge in [-0.25, -0.2) is 9.97 Å². The Hall–Kier alpha value is -1.28. The van der Waals surface area contributed by atoms with Gasteiger partial charge in [0, 0.05) is 31.1 Å². The normalized spacial score (nSPS) is 25.2. The minimum atomic E-state index is -0.638. The topological polar surface area (TPSA) is 61.7 Å². The maximum absolute atomic E-state index is 10.4. The predicted molar refractivity (Wildman–Crippen MR) is 100 cm³/mol. The molecule has 0 aromatic carbocycles. The number of thiophene rings is 1. The first-order chi connectivity index (χ1) is 11.9. The second kappa shape index (κ2) is 6.46. The monoisotopic (exact) mass is 362 g/mol. The first-order valence-corrected chi connectivity index (χ1v) is 9.79. The van der Waals surface area contributed by atoms with Crippen molar-refractivity contribution >= 4 is 27.4 Å². The van der Waals surface area contributed by atoms with Gasteiger partial charge in [0.2, 0.25) is 0 Å². The molecule has 0 saturated carbocycles. The number of aromatic nitrogens is 2. The molecule has 25 heavy (non-hydrogen) atoms. The zero-order chi connectivity index (χ0) is 17.6. The van der Waals surface area contributed by atoms with Gasteiger partial charge in [-0.1, -0.05) is 0 Å². The van der Waals surface area contributed by atoms with Crippen LogP contribution in [0.3, 0.4) is 0 Å². The van der Waals surface area contributed by atoms with Crippen LogP contribution < -0.4 is 4.90 Å². The molecule has 0 radical (unpaired) electrons. The Morgan fingerprint density at radius 1 is 1.20 bits per heavy atom. The molecule has 2 saturated heterocycles. The smallest absolute Gasteiger partial charge is 0.146 e. The molecule has 1 unspecified atom stereocenters. The van der Waals surface area contributed by atoms with E-state index in [1.165, 1.54) is 10.4 Å². The quantitative estimate of drug-likeness (QED) is 0.902. The first-order valence-electron chi connectivity index (χ1n) is 8.97. The van der Waals surface area contributed by atoms with E-state index in [4.69, 9.17) is 14.7 Å². The zero-order valence-corrected chi connectivity index (χ0v) is 16.0. The number of aliphatic hydroxyl groups is 1. The number of nitrogens with zero attached hydrogens (tertiary/aromatic N) is 4. The largest absolute Gasteiger partial charge is 0.388 e. The van der Waals surface area contributed by atoms with Gasteiger partial charge < -0.3 is 14.7 Å². The van der Waals surface area contributed by atoms with Gasteiger partial charge in [-0.05, 0) is 32.8 Å². The molecule has 7 heteroatoms. The van der Waals surface area contributed by atoms with Gasteiger partial charge in [-0.15, -0.1) is 11.3 Å². The standard InChI is InChI=1S/C18H26N4O2S/c1-12-13(2)25-17-15(12)16(22-5-4-18(3,23)11-22)19-14(20-17)10-21-6-8-24-9-7-21/h23H,4-11H2,1-3H3.